The Kier molecular flexibility index (Phi) is 5.59. The van der Waals surface area contributed by atoms with Gasteiger partial charge in [0.05, 0.1) is 4.92 Å². The summed E-state index contributed by atoms with van der Waals surface area (Å²) in [4.78, 5) is 21.2. The van der Waals surface area contributed by atoms with E-state index >= 15 is 0 Å². The number of nitro benzene ring substituents is 1. The fourth-order valence-corrected chi connectivity index (χ4v) is 1.26. The summed E-state index contributed by atoms with van der Waals surface area (Å²) in [7, 11) is 0. The van der Waals surface area contributed by atoms with Gasteiger partial charge in [0.2, 0.25) is 0 Å². The van der Waals surface area contributed by atoms with Crippen molar-refractivity contribution in [1.29, 1.82) is 0 Å². The van der Waals surface area contributed by atoms with Crippen LogP contribution in [0.2, 0.25) is 0 Å². The van der Waals surface area contributed by atoms with Crippen LogP contribution in [0.4, 0.5) is 10.5 Å². The number of non-ortho nitro benzene ring substituents is 1. The van der Waals surface area contributed by atoms with E-state index in [1.165, 1.54) is 12.1 Å². The van der Waals surface area contributed by atoms with Crippen LogP contribution in [0.3, 0.4) is 0 Å². The molecule has 7 heteroatoms. The third kappa shape index (κ3) is 4.79. The summed E-state index contributed by atoms with van der Waals surface area (Å²) in [5.74, 6) is 0. The van der Waals surface area contributed by atoms with E-state index in [1.54, 1.807) is 12.1 Å². The first-order valence-corrected chi connectivity index (χ1v) is 5.49. The van der Waals surface area contributed by atoms with Crippen LogP contribution in [-0.2, 0) is 6.54 Å². The molecule has 7 nitrogen and oxygen atoms in total. The van der Waals surface area contributed by atoms with Crippen molar-refractivity contribution in [3.8, 4) is 0 Å². The normalized spacial score (nSPS) is 9.83. The molecule has 0 radical (unpaired) electrons. The van der Waals surface area contributed by atoms with Gasteiger partial charge in [-0.25, -0.2) is 4.79 Å². The Labute approximate surface area is 104 Å². The number of benzene rings is 1. The molecule has 0 spiro atoms. The zero-order chi connectivity index (χ0) is 13.4. The molecule has 0 saturated carbocycles. The molecule has 98 valence electrons. The van der Waals surface area contributed by atoms with Gasteiger partial charge < -0.3 is 15.7 Å². The number of rotatable bonds is 6. The maximum absolute atomic E-state index is 11.3. The van der Waals surface area contributed by atoms with Gasteiger partial charge in [-0.05, 0) is 12.0 Å². The van der Waals surface area contributed by atoms with Crippen molar-refractivity contribution in [2.75, 3.05) is 13.2 Å². The summed E-state index contributed by atoms with van der Waals surface area (Å²) in [6, 6.07) is 5.63. The number of nitrogens with zero attached hydrogens (tertiary/aromatic N) is 1. The van der Waals surface area contributed by atoms with E-state index in [0.29, 0.717) is 19.5 Å². The Morgan fingerprint density at radius 1 is 1.28 bits per heavy atom. The van der Waals surface area contributed by atoms with Crippen LogP contribution in [0.15, 0.2) is 24.3 Å². The lowest BCUT2D eigenvalue weighted by Crippen LogP contribution is -2.35. The number of amides is 2. The molecule has 0 fully saturated rings. The summed E-state index contributed by atoms with van der Waals surface area (Å²) in [6.45, 7) is 0.730. The second kappa shape index (κ2) is 7.23. The minimum atomic E-state index is -0.473. The van der Waals surface area contributed by atoms with Crippen LogP contribution in [-0.4, -0.2) is 29.2 Å². The van der Waals surface area contributed by atoms with Crippen molar-refractivity contribution in [3.05, 3.63) is 39.9 Å². The predicted molar refractivity (Wildman–Crippen MR) is 65.0 cm³/mol. The van der Waals surface area contributed by atoms with Crippen molar-refractivity contribution >= 4 is 11.7 Å². The van der Waals surface area contributed by atoms with Gasteiger partial charge in [-0.15, -0.1) is 0 Å². The Hall–Kier alpha value is -2.15. The van der Waals surface area contributed by atoms with Crippen LogP contribution in [0.1, 0.15) is 12.0 Å². The number of aliphatic hydroxyl groups excluding tert-OH is 1. The van der Waals surface area contributed by atoms with E-state index in [1.807, 2.05) is 0 Å². The van der Waals surface area contributed by atoms with Crippen LogP contribution >= 0.6 is 0 Å². The van der Waals surface area contributed by atoms with Crippen molar-refractivity contribution < 1.29 is 14.8 Å². The van der Waals surface area contributed by atoms with E-state index in [2.05, 4.69) is 10.6 Å². The molecule has 0 heterocycles. The summed E-state index contributed by atoms with van der Waals surface area (Å²) in [5, 5.41) is 24.1. The summed E-state index contributed by atoms with van der Waals surface area (Å²) >= 11 is 0. The number of urea groups is 1. The predicted octanol–water partition coefficient (Wildman–Crippen LogP) is 0.776. The topological polar surface area (TPSA) is 104 Å². The van der Waals surface area contributed by atoms with E-state index in [4.69, 9.17) is 5.11 Å². The molecule has 18 heavy (non-hydrogen) atoms. The van der Waals surface area contributed by atoms with Gasteiger partial charge in [-0.1, -0.05) is 12.1 Å². The highest BCUT2D eigenvalue weighted by Gasteiger charge is 2.04. The quantitative estimate of drug-likeness (QED) is 0.395. The second-order valence-electron chi connectivity index (χ2n) is 3.61. The number of nitro groups is 1. The molecule has 1 aromatic carbocycles. The van der Waals surface area contributed by atoms with Crippen LogP contribution < -0.4 is 10.6 Å². The standard InChI is InChI=1S/C11H15N3O4/c15-7-1-6-12-11(16)13-8-9-2-4-10(5-3-9)14(17)18/h2-5,15H,1,6-8H2,(H2,12,13,16). The molecule has 0 atom stereocenters. The average molecular weight is 253 g/mol. The molecule has 0 unspecified atom stereocenters. The lowest BCUT2D eigenvalue weighted by atomic mass is 10.2. The molecule has 0 aliphatic heterocycles. The molecular formula is C11H15N3O4. The Morgan fingerprint density at radius 2 is 1.94 bits per heavy atom. The first-order chi connectivity index (χ1) is 8.63. The SMILES string of the molecule is O=C(NCCCO)NCc1ccc([N+](=O)[O-])cc1. The molecule has 2 amide bonds. The third-order valence-corrected chi connectivity index (χ3v) is 2.22. The minimum Gasteiger partial charge on any atom is -0.396 e. The number of hydrogen-bond donors (Lipinski definition) is 3. The van der Waals surface area contributed by atoms with E-state index in [9.17, 15) is 14.9 Å². The van der Waals surface area contributed by atoms with Crippen molar-refractivity contribution in [2.24, 2.45) is 0 Å². The van der Waals surface area contributed by atoms with Gasteiger partial charge in [0.1, 0.15) is 0 Å². The maximum Gasteiger partial charge on any atom is 0.315 e. The van der Waals surface area contributed by atoms with Gasteiger partial charge in [-0.2, -0.15) is 0 Å². The molecule has 1 aromatic rings. The Bertz CT molecular complexity index is 405. The van der Waals surface area contributed by atoms with Gasteiger partial charge in [0, 0.05) is 31.8 Å². The zero-order valence-corrected chi connectivity index (χ0v) is 9.76. The van der Waals surface area contributed by atoms with Crippen molar-refractivity contribution in [1.82, 2.24) is 10.6 Å². The fourth-order valence-electron chi connectivity index (χ4n) is 1.26. The minimum absolute atomic E-state index is 0.0196. The fraction of sp³-hybridized carbons (Fsp3) is 0.364. The van der Waals surface area contributed by atoms with Gasteiger partial charge in [-0.3, -0.25) is 10.1 Å². The smallest absolute Gasteiger partial charge is 0.315 e. The molecule has 1 rings (SSSR count). The molecule has 0 bridgehead atoms. The van der Waals surface area contributed by atoms with Crippen LogP contribution in [0, 0.1) is 10.1 Å². The Balaban J connectivity index is 2.34. The number of aliphatic hydroxyl groups is 1. The van der Waals surface area contributed by atoms with Gasteiger partial charge in [0.25, 0.3) is 5.69 Å². The lowest BCUT2D eigenvalue weighted by molar-refractivity contribution is -0.384. The highest BCUT2D eigenvalue weighted by molar-refractivity contribution is 5.73. The number of carbonyl (C=O) groups excluding carboxylic acids is 1. The highest BCUT2D eigenvalue weighted by atomic mass is 16.6. The average Bonchev–Trinajstić information content (AvgIpc) is 2.37. The third-order valence-electron chi connectivity index (χ3n) is 2.22. The molecule has 3 N–H and O–H groups in total. The summed E-state index contributed by atoms with van der Waals surface area (Å²) < 4.78 is 0. The highest BCUT2D eigenvalue weighted by Crippen LogP contribution is 2.11. The lowest BCUT2D eigenvalue weighted by Gasteiger charge is -2.06. The first kappa shape index (κ1) is 13.9. The van der Waals surface area contributed by atoms with E-state index in [-0.39, 0.29) is 18.3 Å². The van der Waals surface area contributed by atoms with Crippen LogP contribution in [0.25, 0.3) is 0 Å². The maximum atomic E-state index is 11.3. The second-order valence-corrected chi connectivity index (χ2v) is 3.61. The first-order valence-electron chi connectivity index (χ1n) is 5.49. The number of nitrogens with one attached hydrogen (secondary N) is 2. The summed E-state index contributed by atoms with van der Waals surface area (Å²) in [5.41, 5.74) is 0.795. The number of carbonyl (C=O) groups is 1. The molecule has 0 aromatic heterocycles. The number of hydrogen-bond acceptors (Lipinski definition) is 4. The molecule has 0 aliphatic rings. The van der Waals surface area contributed by atoms with Gasteiger partial charge >= 0.3 is 6.03 Å². The van der Waals surface area contributed by atoms with E-state index in [0.717, 1.165) is 5.56 Å². The molecule has 0 saturated heterocycles. The molecule has 0 aliphatic carbocycles. The van der Waals surface area contributed by atoms with E-state index < -0.39 is 4.92 Å². The van der Waals surface area contributed by atoms with Crippen LogP contribution in [0.5, 0.6) is 0 Å². The molecular weight excluding hydrogens is 238 g/mol. The monoisotopic (exact) mass is 253 g/mol. The van der Waals surface area contributed by atoms with Crippen molar-refractivity contribution in [3.63, 3.8) is 0 Å². The zero-order valence-electron chi connectivity index (χ0n) is 9.76. The largest absolute Gasteiger partial charge is 0.396 e. The Morgan fingerprint density at radius 3 is 2.50 bits per heavy atom. The summed E-state index contributed by atoms with van der Waals surface area (Å²) in [6.07, 6.45) is 0.505. The van der Waals surface area contributed by atoms with Gasteiger partial charge in [0.15, 0.2) is 0 Å². The van der Waals surface area contributed by atoms with Crippen molar-refractivity contribution in [2.45, 2.75) is 13.0 Å².